The first-order chi connectivity index (χ1) is 24.8. The maximum absolute atomic E-state index is 6.92. The Labute approximate surface area is 286 Å². The van der Waals surface area contributed by atoms with E-state index in [1.165, 1.54) is 27.1 Å². The van der Waals surface area contributed by atoms with Gasteiger partial charge in [0, 0.05) is 55.8 Å². The topological polar surface area (TPSA) is 40.8 Å². The zero-order chi connectivity index (χ0) is 32.9. The minimum absolute atomic E-state index is 0.833. The van der Waals surface area contributed by atoms with Gasteiger partial charge in [-0.25, -0.2) is 4.98 Å². The van der Waals surface area contributed by atoms with Crippen LogP contribution < -0.4 is 0 Å². The zero-order valence-electron chi connectivity index (χ0n) is 27.3. The Balaban J connectivity index is 1.38. The number of imidazole rings is 1. The molecular formula is C45H30N4O. The van der Waals surface area contributed by atoms with Crippen LogP contribution in [0.15, 0.2) is 156 Å². The first kappa shape index (κ1) is 27.4. The summed E-state index contributed by atoms with van der Waals surface area (Å²) < 4.78 is 14.1. The molecule has 0 bridgehead atoms. The van der Waals surface area contributed by atoms with Crippen LogP contribution in [0.1, 0.15) is 12.7 Å². The first-order valence-electron chi connectivity index (χ1n) is 17.2. The number of hydrogen-bond acceptors (Lipinski definition) is 2. The Morgan fingerprint density at radius 2 is 1.06 bits per heavy atom. The molecule has 5 heteroatoms. The van der Waals surface area contributed by atoms with Gasteiger partial charge < -0.3 is 13.6 Å². The van der Waals surface area contributed by atoms with Crippen molar-refractivity contribution in [1.29, 1.82) is 0 Å². The Hall–Kier alpha value is -6.59. The molecule has 0 radical (unpaired) electrons. The largest absolute Gasteiger partial charge is 0.454 e. The van der Waals surface area contributed by atoms with Gasteiger partial charge in [-0.2, -0.15) is 0 Å². The van der Waals surface area contributed by atoms with Gasteiger partial charge in [0.15, 0.2) is 5.58 Å². The van der Waals surface area contributed by atoms with E-state index in [-0.39, 0.29) is 0 Å². The summed E-state index contributed by atoms with van der Waals surface area (Å²) in [6.45, 7) is 2.17. The number of aryl methyl sites for hydroxylation is 1. The number of benzene rings is 7. The van der Waals surface area contributed by atoms with Gasteiger partial charge in [0.2, 0.25) is 0 Å². The molecule has 50 heavy (non-hydrogen) atoms. The predicted octanol–water partition coefficient (Wildman–Crippen LogP) is 11.7. The lowest BCUT2D eigenvalue weighted by Crippen LogP contribution is -2.02. The lowest BCUT2D eigenvalue weighted by Gasteiger charge is -2.14. The van der Waals surface area contributed by atoms with Crippen LogP contribution in [-0.2, 0) is 6.42 Å². The predicted molar refractivity (Wildman–Crippen MR) is 206 cm³/mol. The van der Waals surface area contributed by atoms with E-state index >= 15 is 0 Å². The second-order valence-electron chi connectivity index (χ2n) is 13.0. The fourth-order valence-corrected chi connectivity index (χ4v) is 8.37. The highest BCUT2D eigenvalue weighted by Crippen LogP contribution is 2.49. The Morgan fingerprint density at radius 3 is 1.82 bits per heavy atom. The number of fused-ring (bicyclic) bond motifs is 13. The van der Waals surface area contributed by atoms with Gasteiger partial charge in [-0.15, -0.1) is 0 Å². The molecule has 236 valence electrons. The molecule has 0 saturated carbocycles. The zero-order valence-corrected chi connectivity index (χ0v) is 27.3. The molecule has 0 atom stereocenters. The molecule has 0 aliphatic heterocycles. The molecule has 0 amide bonds. The molecule has 0 spiro atoms. The van der Waals surface area contributed by atoms with Crippen molar-refractivity contribution in [1.82, 2.24) is 18.7 Å². The van der Waals surface area contributed by atoms with Crippen molar-refractivity contribution in [3.05, 3.63) is 157 Å². The van der Waals surface area contributed by atoms with Crippen LogP contribution in [0.4, 0.5) is 0 Å². The van der Waals surface area contributed by atoms with Crippen LogP contribution in [-0.4, -0.2) is 18.7 Å². The van der Waals surface area contributed by atoms with Crippen molar-refractivity contribution in [3.63, 3.8) is 0 Å². The Kier molecular flexibility index (Phi) is 5.59. The fourth-order valence-electron chi connectivity index (χ4n) is 8.37. The SMILES string of the molecule is CCc1nc2ccccc2n1-c1cccc(-n2c3ccccc3c3c4c5ccccc5oc4c4c(c5ccccc5n4-c4ccccc4)c32)c1. The number of aromatic nitrogens is 4. The maximum atomic E-state index is 6.92. The average molecular weight is 643 g/mol. The molecular weight excluding hydrogens is 613 g/mol. The standard InChI is InChI=1S/C45H30N4O/c1-2-39-46-34-22-9-12-25-37(34)47(39)29-17-14-18-30(27-29)49-35-23-10-6-19-31(35)40-41-33-21-8-13-26-38(33)50-45(41)44-42(43(40)49)32-20-7-11-24-36(32)48(44)28-15-4-3-5-16-28/h3-27H,2H2,1H3. The molecule has 11 rings (SSSR count). The molecule has 0 aliphatic rings. The lowest BCUT2D eigenvalue weighted by atomic mass is 10.0. The van der Waals surface area contributed by atoms with Crippen LogP contribution in [0.25, 0.3) is 93.6 Å². The first-order valence-corrected chi connectivity index (χ1v) is 17.2. The number of para-hydroxylation sites is 6. The molecule has 4 heterocycles. The van der Waals surface area contributed by atoms with Gasteiger partial charge in [0.05, 0.1) is 33.1 Å². The lowest BCUT2D eigenvalue weighted by molar-refractivity contribution is 0.671. The van der Waals surface area contributed by atoms with Gasteiger partial charge in [-0.3, -0.25) is 4.57 Å². The third kappa shape index (κ3) is 3.58. The highest BCUT2D eigenvalue weighted by atomic mass is 16.3. The van der Waals surface area contributed by atoms with Crippen LogP contribution in [0.5, 0.6) is 0 Å². The smallest absolute Gasteiger partial charge is 0.160 e. The Bertz CT molecular complexity index is 3140. The van der Waals surface area contributed by atoms with E-state index in [0.717, 1.165) is 78.8 Å². The third-order valence-electron chi connectivity index (χ3n) is 10.4. The Morgan fingerprint density at radius 1 is 0.480 bits per heavy atom. The van der Waals surface area contributed by atoms with Crippen molar-refractivity contribution in [2.45, 2.75) is 13.3 Å². The summed E-state index contributed by atoms with van der Waals surface area (Å²) in [6, 6.07) is 54.1. The molecule has 0 aliphatic carbocycles. The van der Waals surface area contributed by atoms with E-state index in [1.807, 2.05) is 0 Å². The van der Waals surface area contributed by atoms with Gasteiger partial charge >= 0.3 is 0 Å². The molecule has 4 aromatic heterocycles. The summed E-state index contributed by atoms with van der Waals surface area (Å²) in [6.07, 6.45) is 0.833. The van der Waals surface area contributed by atoms with Gasteiger partial charge in [0.25, 0.3) is 0 Å². The second-order valence-corrected chi connectivity index (χ2v) is 13.0. The minimum atomic E-state index is 0.833. The van der Waals surface area contributed by atoms with Gasteiger partial charge in [-0.05, 0) is 60.7 Å². The molecule has 7 aromatic carbocycles. The van der Waals surface area contributed by atoms with Gasteiger partial charge in [0.1, 0.15) is 11.4 Å². The van der Waals surface area contributed by atoms with Crippen molar-refractivity contribution in [3.8, 4) is 17.1 Å². The van der Waals surface area contributed by atoms with E-state index in [2.05, 4.69) is 172 Å². The van der Waals surface area contributed by atoms with E-state index < -0.39 is 0 Å². The minimum Gasteiger partial charge on any atom is -0.454 e. The molecule has 0 unspecified atom stereocenters. The third-order valence-corrected chi connectivity index (χ3v) is 10.4. The van der Waals surface area contributed by atoms with Crippen LogP contribution in [0.3, 0.4) is 0 Å². The summed E-state index contributed by atoms with van der Waals surface area (Å²) >= 11 is 0. The van der Waals surface area contributed by atoms with Crippen molar-refractivity contribution in [2.75, 3.05) is 0 Å². The van der Waals surface area contributed by atoms with Crippen LogP contribution in [0.2, 0.25) is 0 Å². The highest BCUT2D eigenvalue weighted by Gasteiger charge is 2.27. The number of furan rings is 1. The van der Waals surface area contributed by atoms with Crippen LogP contribution >= 0.6 is 0 Å². The molecule has 0 saturated heterocycles. The average Bonchev–Trinajstić information content (AvgIpc) is 3.92. The van der Waals surface area contributed by atoms with E-state index in [9.17, 15) is 0 Å². The summed E-state index contributed by atoms with van der Waals surface area (Å²) in [5.74, 6) is 1.05. The van der Waals surface area contributed by atoms with E-state index in [1.54, 1.807) is 0 Å². The number of rotatable bonds is 4. The quantitative estimate of drug-likeness (QED) is 0.192. The summed E-state index contributed by atoms with van der Waals surface area (Å²) in [5, 5.41) is 7.03. The number of nitrogens with zero attached hydrogens (tertiary/aromatic N) is 4. The van der Waals surface area contributed by atoms with Crippen LogP contribution in [0, 0.1) is 0 Å². The van der Waals surface area contributed by atoms with Crippen molar-refractivity contribution >= 4 is 76.6 Å². The molecule has 11 aromatic rings. The fraction of sp³-hybridized carbons (Fsp3) is 0.0444. The summed E-state index contributed by atoms with van der Waals surface area (Å²) in [5.41, 5.74) is 11.8. The highest BCUT2D eigenvalue weighted by molar-refractivity contribution is 6.39. The van der Waals surface area contributed by atoms with Gasteiger partial charge in [-0.1, -0.05) is 97.9 Å². The summed E-state index contributed by atoms with van der Waals surface area (Å²) in [4.78, 5) is 5.01. The normalized spacial score (nSPS) is 12.2. The monoisotopic (exact) mass is 642 g/mol. The second kappa shape index (κ2) is 10.2. The summed E-state index contributed by atoms with van der Waals surface area (Å²) in [7, 11) is 0. The molecule has 0 N–H and O–H groups in total. The molecule has 0 fully saturated rings. The molecule has 5 nitrogen and oxygen atoms in total. The van der Waals surface area contributed by atoms with E-state index in [0.29, 0.717) is 0 Å². The van der Waals surface area contributed by atoms with E-state index in [4.69, 9.17) is 9.40 Å². The van der Waals surface area contributed by atoms with Crippen molar-refractivity contribution in [2.24, 2.45) is 0 Å². The number of hydrogen-bond donors (Lipinski definition) is 0. The van der Waals surface area contributed by atoms with Crippen molar-refractivity contribution < 1.29 is 4.42 Å². The maximum Gasteiger partial charge on any atom is 0.160 e.